The molecule has 130 valence electrons. The fourth-order valence-corrected chi connectivity index (χ4v) is 2.93. The number of para-hydroxylation sites is 2. The summed E-state index contributed by atoms with van der Waals surface area (Å²) in [5.41, 5.74) is 3.00. The highest BCUT2D eigenvalue weighted by Gasteiger charge is 2.24. The van der Waals surface area contributed by atoms with Gasteiger partial charge in [-0.2, -0.15) is 8.78 Å². The van der Waals surface area contributed by atoms with Crippen molar-refractivity contribution < 1.29 is 18.3 Å². The van der Waals surface area contributed by atoms with Gasteiger partial charge in [0.05, 0.1) is 16.6 Å². The Morgan fingerprint density at radius 1 is 1.12 bits per heavy atom. The zero-order valence-corrected chi connectivity index (χ0v) is 14.2. The van der Waals surface area contributed by atoms with Crippen molar-refractivity contribution in [2.75, 3.05) is 0 Å². The van der Waals surface area contributed by atoms with Crippen molar-refractivity contribution in [1.82, 2.24) is 9.55 Å². The van der Waals surface area contributed by atoms with Crippen molar-refractivity contribution in [2.24, 2.45) is 0 Å². The first-order valence-electron chi connectivity index (χ1n) is 7.91. The Bertz CT molecular complexity index is 914. The molecule has 0 aliphatic carbocycles. The van der Waals surface area contributed by atoms with Crippen molar-refractivity contribution in [3.05, 3.63) is 65.0 Å². The topological polar surface area (TPSA) is 44.1 Å². The minimum atomic E-state index is -2.77. The van der Waals surface area contributed by atoms with Gasteiger partial charge in [-0.05, 0) is 45.0 Å². The molecule has 0 N–H and O–H groups in total. The first kappa shape index (κ1) is 17.1. The van der Waals surface area contributed by atoms with Crippen LogP contribution in [-0.4, -0.2) is 15.5 Å². The van der Waals surface area contributed by atoms with Crippen LogP contribution in [0.4, 0.5) is 8.78 Å². The van der Waals surface area contributed by atoms with Crippen LogP contribution in [0.2, 0.25) is 0 Å². The van der Waals surface area contributed by atoms with Gasteiger partial charge in [0.1, 0.15) is 0 Å². The number of carbonyl (C=O) groups is 1. The molecule has 0 radical (unpaired) electrons. The van der Waals surface area contributed by atoms with Crippen LogP contribution in [0.5, 0.6) is 0 Å². The highest BCUT2D eigenvalue weighted by molar-refractivity contribution is 5.90. The second-order valence-corrected chi connectivity index (χ2v) is 6.03. The van der Waals surface area contributed by atoms with Crippen molar-refractivity contribution in [2.45, 2.75) is 33.4 Å². The van der Waals surface area contributed by atoms with E-state index in [0.29, 0.717) is 16.6 Å². The Morgan fingerprint density at radius 2 is 1.76 bits per heavy atom. The first-order valence-corrected chi connectivity index (χ1v) is 7.91. The van der Waals surface area contributed by atoms with Crippen molar-refractivity contribution in [3.63, 3.8) is 0 Å². The van der Waals surface area contributed by atoms with E-state index in [9.17, 15) is 13.6 Å². The Kier molecular flexibility index (Phi) is 4.53. The van der Waals surface area contributed by atoms with E-state index < -0.39 is 18.6 Å². The molecule has 0 amide bonds. The summed E-state index contributed by atoms with van der Waals surface area (Å²) < 4.78 is 33.2. The number of hydrogen-bond acceptors (Lipinski definition) is 3. The minimum Gasteiger partial charge on any atom is -0.451 e. The van der Waals surface area contributed by atoms with Crippen LogP contribution in [0.3, 0.4) is 0 Å². The normalized spacial score (nSPS) is 12.6. The van der Waals surface area contributed by atoms with E-state index in [1.54, 1.807) is 43.3 Å². The first-order chi connectivity index (χ1) is 11.9. The minimum absolute atomic E-state index is 0.0222. The lowest BCUT2D eigenvalue weighted by atomic mass is 10.1. The lowest BCUT2D eigenvalue weighted by molar-refractivity contribution is 0.0233. The number of ether oxygens (including phenoxy) is 1. The molecule has 4 nitrogen and oxygen atoms in total. The predicted octanol–water partition coefficient (Wildman–Crippen LogP) is 4.97. The number of nitrogens with zero attached hydrogens (tertiary/aromatic N) is 2. The number of carbonyl (C=O) groups excluding carboxylic acids is 1. The van der Waals surface area contributed by atoms with Crippen LogP contribution in [0.25, 0.3) is 11.0 Å². The van der Waals surface area contributed by atoms with Gasteiger partial charge in [0, 0.05) is 0 Å². The van der Waals surface area contributed by atoms with Crippen LogP contribution >= 0.6 is 0 Å². The standard InChI is InChI=1S/C19H18F2N2O2/c1-11-8-12(2)10-14(9-11)18(24)25-13(3)17-22-15-6-4-5-7-16(15)23(17)19(20)21/h4-10,13,19H,1-3H3. The van der Waals surface area contributed by atoms with Crippen LogP contribution in [-0.2, 0) is 4.74 Å². The zero-order chi connectivity index (χ0) is 18.1. The van der Waals surface area contributed by atoms with Crippen LogP contribution in [0.1, 0.15) is 46.9 Å². The van der Waals surface area contributed by atoms with Crippen molar-refractivity contribution in [3.8, 4) is 0 Å². The Morgan fingerprint density at radius 3 is 2.40 bits per heavy atom. The molecular weight excluding hydrogens is 326 g/mol. The molecule has 0 saturated carbocycles. The van der Waals surface area contributed by atoms with E-state index in [0.717, 1.165) is 15.7 Å². The molecule has 1 atom stereocenters. The number of aryl methyl sites for hydroxylation is 2. The molecule has 2 aromatic carbocycles. The van der Waals surface area contributed by atoms with E-state index in [2.05, 4.69) is 4.98 Å². The molecule has 0 bridgehead atoms. The van der Waals surface area contributed by atoms with Gasteiger partial charge in [0.25, 0.3) is 0 Å². The van der Waals surface area contributed by atoms with E-state index in [4.69, 9.17) is 4.74 Å². The fourth-order valence-electron chi connectivity index (χ4n) is 2.93. The summed E-state index contributed by atoms with van der Waals surface area (Å²) in [6.07, 6.45) is -0.908. The number of hydrogen-bond donors (Lipinski definition) is 0. The smallest absolute Gasteiger partial charge is 0.338 e. The van der Waals surface area contributed by atoms with Crippen LogP contribution in [0, 0.1) is 13.8 Å². The number of benzene rings is 2. The average molecular weight is 344 g/mol. The van der Waals surface area contributed by atoms with Gasteiger partial charge in [-0.25, -0.2) is 9.78 Å². The molecule has 0 aliphatic heterocycles. The number of aromatic nitrogens is 2. The third kappa shape index (κ3) is 3.38. The summed E-state index contributed by atoms with van der Waals surface area (Å²) in [5.74, 6) is -0.541. The largest absolute Gasteiger partial charge is 0.451 e. The lowest BCUT2D eigenvalue weighted by Gasteiger charge is -2.15. The number of esters is 1. The fraction of sp³-hybridized carbons (Fsp3) is 0.263. The monoisotopic (exact) mass is 344 g/mol. The second-order valence-electron chi connectivity index (χ2n) is 6.03. The van der Waals surface area contributed by atoms with Crippen LogP contribution in [0.15, 0.2) is 42.5 Å². The maximum Gasteiger partial charge on any atom is 0.338 e. The summed E-state index contributed by atoms with van der Waals surface area (Å²) in [6.45, 7) is 2.53. The predicted molar refractivity (Wildman–Crippen MR) is 90.7 cm³/mol. The molecular formula is C19H18F2N2O2. The summed E-state index contributed by atoms with van der Waals surface area (Å²) in [6, 6.07) is 12.0. The molecule has 3 aromatic rings. The molecule has 0 saturated heterocycles. The third-order valence-electron chi connectivity index (χ3n) is 3.92. The van der Waals surface area contributed by atoms with E-state index in [-0.39, 0.29) is 5.82 Å². The average Bonchev–Trinajstić information content (AvgIpc) is 2.93. The van der Waals surface area contributed by atoms with E-state index >= 15 is 0 Å². The Hall–Kier alpha value is -2.76. The maximum absolute atomic E-state index is 13.5. The molecule has 0 fully saturated rings. The highest BCUT2D eigenvalue weighted by Crippen LogP contribution is 2.28. The molecule has 3 rings (SSSR count). The number of alkyl halides is 2. The lowest BCUT2D eigenvalue weighted by Crippen LogP contribution is -2.15. The zero-order valence-electron chi connectivity index (χ0n) is 14.2. The molecule has 0 spiro atoms. The van der Waals surface area contributed by atoms with Gasteiger partial charge in [-0.1, -0.05) is 29.3 Å². The summed E-state index contributed by atoms with van der Waals surface area (Å²) in [4.78, 5) is 16.6. The third-order valence-corrected chi connectivity index (χ3v) is 3.92. The van der Waals surface area contributed by atoms with Crippen molar-refractivity contribution >= 4 is 17.0 Å². The van der Waals surface area contributed by atoms with E-state index in [1.807, 2.05) is 19.9 Å². The van der Waals surface area contributed by atoms with Gasteiger partial charge < -0.3 is 4.74 Å². The molecule has 1 aromatic heterocycles. The van der Waals surface area contributed by atoms with E-state index in [1.165, 1.54) is 0 Å². The highest BCUT2D eigenvalue weighted by atomic mass is 19.3. The van der Waals surface area contributed by atoms with Gasteiger partial charge >= 0.3 is 12.5 Å². The molecule has 1 unspecified atom stereocenters. The van der Waals surface area contributed by atoms with Gasteiger partial charge in [-0.15, -0.1) is 0 Å². The second kappa shape index (κ2) is 6.63. The molecule has 0 aliphatic rings. The number of imidazole rings is 1. The Labute approximate surface area is 144 Å². The number of fused-ring (bicyclic) bond motifs is 1. The van der Waals surface area contributed by atoms with Crippen LogP contribution < -0.4 is 0 Å². The number of rotatable bonds is 4. The number of halogens is 2. The summed E-state index contributed by atoms with van der Waals surface area (Å²) >= 11 is 0. The van der Waals surface area contributed by atoms with Gasteiger partial charge in [-0.3, -0.25) is 4.57 Å². The maximum atomic E-state index is 13.5. The van der Waals surface area contributed by atoms with Gasteiger partial charge in [0.2, 0.25) is 0 Å². The Balaban J connectivity index is 1.93. The molecule has 6 heteroatoms. The molecule has 1 heterocycles. The summed E-state index contributed by atoms with van der Waals surface area (Å²) in [5, 5.41) is 0. The quantitative estimate of drug-likeness (QED) is 0.628. The summed E-state index contributed by atoms with van der Waals surface area (Å²) in [7, 11) is 0. The van der Waals surface area contributed by atoms with Crippen molar-refractivity contribution in [1.29, 1.82) is 0 Å². The molecule has 25 heavy (non-hydrogen) atoms. The SMILES string of the molecule is Cc1cc(C)cc(C(=O)OC(C)c2nc3ccccc3n2C(F)F)c1. The van der Waals surface area contributed by atoms with Gasteiger partial charge in [0.15, 0.2) is 11.9 Å².